The smallest absolute Gasteiger partial charge is 0.261 e. The van der Waals surface area contributed by atoms with Gasteiger partial charge in [-0.15, -0.1) is 11.3 Å². The topological polar surface area (TPSA) is 58.2 Å². The van der Waals surface area contributed by atoms with E-state index in [1.54, 1.807) is 30.3 Å². The zero-order chi connectivity index (χ0) is 16.1. The van der Waals surface area contributed by atoms with Crippen molar-refractivity contribution < 1.29 is 9.59 Å². The fraction of sp³-hybridized carbons (Fsp3) is 0.143. The van der Waals surface area contributed by atoms with Gasteiger partial charge in [0, 0.05) is 17.6 Å². The molecule has 0 radical (unpaired) electrons. The van der Waals surface area contributed by atoms with Crippen LogP contribution < -0.4 is 10.6 Å². The lowest BCUT2D eigenvalue weighted by Crippen LogP contribution is -2.34. The normalized spacial score (nSPS) is 10.3. The van der Waals surface area contributed by atoms with Crippen LogP contribution in [-0.2, 0) is 0 Å². The summed E-state index contributed by atoms with van der Waals surface area (Å²) in [6, 6.07) is 8.56. The summed E-state index contributed by atoms with van der Waals surface area (Å²) in [5, 5.41) is 5.85. The third-order valence-electron chi connectivity index (χ3n) is 2.68. The minimum atomic E-state index is -0.263. The Kier molecular flexibility index (Phi) is 6.43. The van der Waals surface area contributed by atoms with E-state index in [0.29, 0.717) is 28.6 Å². The molecule has 0 spiro atoms. The summed E-state index contributed by atoms with van der Waals surface area (Å²) in [5.41, 5.74) is 0.418. The molecular weight excluding hydrogens is 455 g/mol. The highest BCUT2D eigenvalue weighted by Crippen LogP contribution is 2.32. The average molecular weight is 467 g/mol. The number of hydrogen-bond donors (Lipinski definition) is 2. The van der Waals surface area contributed by atoms with E-state index in [4.69, 9.17) is 11.6 Å². The Morgan fingerprint density at radius 3 is 2.32 bits per heavy atom. The Morgan fingerprint density at radius 1 is 1.09 bits per heavy atom. The number of nitrogens with one attached hydrogen (secondary N) is 2. The second-order valence-electron chi connectivity index (χ2n) is 4.22. The first kappa shape index (κ1) is 17.5. The molecule has 0 unspecified atom stereocenters. The maximum absolute atomic E-state index is 11.9. The molecule has 4 nitrogen and oxygen atoms in total. The van der Waals surface area contributed by atoms with Crippen LogP contribution >= 0.6 is 54.8 Å². The van der Waals surface area contributed by atoms with Crippen LogP contribution in [0, 0.1) is 0 Å². The highest BCUT2D eigenvalue weighted by Gasteiger charge is 2.12. The summed E-state index contributed by atoms with van der Waals surface area (Å²) >= 11 is 14.0. The Balaban J connectivity index is 1.79. The predicted octanol–water partition coefficient (Wildman–Crippen LogP) is 4.09. The zero-order valence-corrected chi connectivity index (χ0v) is 15.9. The molecule has 0 aliphatic heterocycles. The van der Waals surface area contributed by atoms with Gasteiger partial charge in [0.25, 0.3) is 11.8 Å². The number of thiophene rings is 1. The van der Waals surface area contributed by atoms with Crippen molar-refractivity contribution in [3.8, 4) is 0 Å². The van der Waals surface area contributed by atoms with E-state index < -0.39 is 0 Å². The molecule has 2 N–H and O–H groups in total. The largest absolute Gasteiger partial charge is 0.350 e. The zero-order valence-electron chi connectivity index (χ0n) is 11.2. The van der Waals surface area contributed by atoms with Crippen molar-refractivity contribution in [2.24, 2.45) is 0 Å². The number of rotatable bonds is 5. The summed E-state index contributed by atoms with van der Waals surface area (Å²) in [6.07, 6.45) is 0. The lowest BCUT2D eigenvalue weighted by Gasteiger charge is -2.07. The van der Waals surface area contributed by atoms with Crippen LogP contribution in [0.4, 0.5) is 0 Å². The molecule has 116 valence electrons. The van der Waals surface area contributed by atoms with Crippen LogP contribution in [0.5, 0.6) is 0 Å². The summed E-state index contributed by atoms with van der Waals surface area (Å²) in [7, 11) is 0. The number of halogens is 3. The van der Waals surface area contributed by atoms with Crippen molar-refractivity contribution in [3.63, 3.8) is 0 Å². The van der Waals surface area contributed by atoms with Crippen LogP contribution in [0.3, 0.4) is 0 Å². The van der Waals surface area contributed by atoms with Gasteiger partial charge in [0.2, 0.25) is 0 Å². The molecule has 0 fully saturated rings. The van der Waals surface area contributed by atoms with Crippen LogP contribution in [0.1, 0.15) is 20.0 Å². The third-order valence-corrected chi connectivity index (χ3v) is 6.27. The lowest BCUT2D eigenvalue weighted by atomic mass is 10.2. The van der Waals surface area contributed by atoms with Gasteiger partial charge in [0.15, 0.2) is 0 Å². The predicted molar refractivity (Wildman–Crippen MR) is 95.8 cm³/mol. The van der Waals surface area contributed by atoms with Gasteiger partial charge in [0.05, 0.1) is 19.2 Å². The second-order valence-corrected chi connectivity index (χ2v) is 7.86. The monoisotopic (exact) mass is 464 g/mol. The molecule has 0 bridgehead atoms. The van der Waals surface area contributed by atoms with Crippen molar-refractivity contribution in [2.75, 3.05) is 13.1 Å². The highest BCUT2D eigenvalue weighted by atomic mass is 79.9. The molecule has 2 aromatic rings. The molecule has 22 heavy (non-hydrogen) atoms. The molecule has 0 atom stereocenters. The summed E-state index contributed by atoms with van der Waals surface area (Å²) < 4.78 is 1.71. The first-order valence-corrected chi connectivity index (χ1v) is 9.03. The van der Waals surface area contributed by atoms with Gasteiger partial charge in [-0.3, -0.25) is 9.59 Å². The Morgan fingerprint density at radius 2 is 1.73 bits per heavy atom. The van der Waals surface area contributed by atoms with E-state index in [9.17, 15) is 9.59 Å². The third kappa shape index (κ3) is 4.55. The minimum absolute atomic E-state index is 0.177. The summed E-state index contributed by atoms with van der Waals surface area (Å²) in [5.74, 6) is -0.440. The Labute approximate surface area is 153 Å². The molecule has 8 heteroatoms. The van der Waals surface area contributed by atoms with Gasteiger partial charge in [-0.1, -0.05) is 23.7 Å². The molecule has 2 rings (SSSR count). The first-order chi connectivity index (χ1) is 10.5. The molecule has 2 amide bonds. The standard InChI is InChI=1S/C14H11Br2ClN2O2S/c15-9-7-11(22-12(9)16)14(21)19-6-5-18-13(20)8-3-1-2-4-10(8)17/h1-4,7H,5-6H2,(H,18,20)(H,19,21). The fourth-order valence-electron chi connectivity index (χ4n) is 1.64. The van der Waals surface area contributed by atoms with Crippen molar-refractivity contribution >= 4 is 66.6 Å². The van der Waals surface area contributed by atoms with Gasteiger partial charge in [-0.05, 0) is 50.1 Å². The van der Waals surface area contributed by atoms with Crippen molar-refractivity contribution in [3.05, 3.63) is 54.1 Å². The maximum atomic E-state index is 11.9. The molecule has 0 aliphatic rings. The molecule has 1 aromatic heterocycles. The van der Waals surface area contributed by atoms with Crippen molar-refractivity contribution in [2.45, 2.75) is 0 Å². The summed E-state index contributed by atoms with van der Waals surface area (Å²) in [4.78, 5) is 24.4. The quantitative estimate of drug-likeness (QED) is 0.653. The van der Waals surface area contributed by atoms with Gasteiger partial charge < -0.3 is 10.6 Å². The van der Waals surface area contributed by atoms with E-state index in [0.717, 1.165) is 8.26 Å². The lowest BCUT2D eigenvalue weighted by molar-refractivity contribution is 0.0929. The molecular formula is C14H11Br2ClN2O2S. The van der Waals surface area contributed by atoms with Crippen LogP contribution in [0.25, 0.3) is 0 Å². The number of benzene rings is 1. The van der Waals surface area contributed by atoms with E-state index in [1.807, 2.05) is 0 Å². The number of carbonyl (C=O) groups is 2. The maximum Gasteiger partial charge on any atom is 0.261 e. The van der Waals surface area contributed by atoms with Crippen LogP contribution in [-0.4, -0.2) is 24.9 Å². The van der Waals surface area contributed by atoms with Gasteiger partial charge >= 0.3 is 0 Å². The van der Waals surface area contributed by atoms with E-state index in [1.165, 1.54) is 11.3 Å². The van der Waals surface area contributed by atoms with E-state index in [2.05, 4.69) is 42.5 Å². The number of hydrogen-bond acceptors (Lipinski definition) is 3. The van der Waals surface area contributed by atoms with Gasteiger partial charge in [0.1, 0.15) is 0 Å². The van der Waals surface area contributed by atoms with Crippen molar-refractivity contribution in [1.29, 1.82) is 0 Å². The molecule has 0 aliphatic carbocycles. The van der Waals surface area contributed by atoms with Crippen molar-refractivity contribution in [1.82, 2.24) is 10.6 Å². The second kappa shape index (κ2) is 8.10. The number of amides is 2. The SMILES string of the molecule is O=C(NCCNC(=O)c1ccccc1Cl)c1cc(Br)c(Br)s1. The molecule has 0 saturated heterocycles. The first-order valence-electron chi connectivity index (χ1n) is 6.25. The van der Waals surface area contributed by atoms with Crippen LogP contribution in [0.2, 0.25) is 5.02 Å². The van der Waals surface area contributed by atoms with Gasteiger partial charge in [-0.2, -0.15) is 0 Å². The van der Waals surface area contributed by atoms with E-state index >= 15 is 0 Å². The minimum Gasteiger partial charge on any atom is -0.350 e. The highest BCUT2D eigenvalue weighted by molar-refractivity contribution is 9.13. The molecule has 1 heterocycles. The Hall–Kier alpha value is -0.890. The molecule has 0 saturated carbocycles. The number of carbonyl (C=O) groups excluding carboxylic acids is 2. The van der Waals surface area contributed by atoms with Gasteiger partial charge in [-0.25, -0.2) is 0 Å². The Bertz CT molecular complexity index is 686. The fourth-order valence-corrected chi connectivity index (χ4v) is 3.81. The van der Waals surface area contributed by atoms with E-state index in [-0.39, 0.29) is 11.8 Å². The summed E-state index contributed by atoms with van der Waals surface area (Å²) in [6.45, 7) is 0.658. The van der Waals surface area contributed by atoms with Crippen LogP contribution in [0.15, 0.2) is 38.6 Å². The molecule has 1 aromatic carbocycles. The average Bonchev–Trinajstić information content (AvgIpc) is 2.83.